The number of aromatic amines is 1. The zero-order chi connectivity index (χ0) is 17.2. The van der Waals surface area contributed by atoms with Gasteiger partial charge in [-0.1, -0.05) is 48.0 Å². The Labute approximate surface area is 154 Å². The number of H-pyrrole nitrogens is 1. The van der Waals surface area contributed by atoms with Crippen molar-refractivity contribution in [3.05, 3.63) is 81.6 Å². The van der Waals surface area contributed by atoms with E-state index in [4.69, 9.17) is 11.6 Å². The van der Waals surface area contributed by atoms with Gasteiger partial charge in [0, 0.05) is 10.3 Å². The standard InChI is InChI=1S/C20H15ClN2OS/c21-17-10-14(13-5-2-1-3-6-13)9-15-11-18(23-19(15)17)20(24)22-12-16-7-4-8-25-16/h1-11,23H,12H2,(H,22,24). The molecule has 0 saturated heterocycles. The van der Waals surface area contributed by atoms with Crippen LogP contribution in [0.3, 0.4) is 0 Å². The Morgan fingerprint density at radius 1 is 1.04 bits per heavy atom. The zero-order valence-electron chi connectivity index (χ0n) is 13.3. The summed E-state index contributed by atoms with van der Waals surface area (Å²) in [5.41, 5.74) is 3.42. The Balaban J connectivity index is 1.63. The highest BCUT2D eigenvalue weighted by molar-refractivity contribution is 7.09. The van der Waals surface area contributed by atoms with E-state index >= 15 is 0 Å². The van der Waals surface area contributed by atoms with Crippen LogP contribution >= 0.6 is 22.9 Å². The second-order valence-corrected chi connectivity index (χ2v) is 7.17. The average Bonchev–Trinajstić information content (AvgIpc) is 3.30. The van der Waals surface area contributed by atoms with Crippen LogP contribution in [-0.4, -0.2) is 10.9 Å². The highest BCUT2D eigenvalue weighted by Gasteiger charge is 2.13. The molecule has 4 aromatic rings. The second-order valence-electron chi connectivity index (χ2n) is 5.73. The molecule has 0 unspecified atom stereocenters. The summed E-state index contributed by atoms with van der Waals surface area (Å²) in [6, 6.07) is 19.8. The van der Waals surface area contributed by atoms with Crippen LogP contribution in [0.15, 0.2) is 66.0 Å². The van der Waals surface area contributed by atoms with Crippen molar-refractivity contribution in [3.63, 3.8) is 0 Å². The van der Waals surface area contributed by atoms with Gasteiger partial charge in [-0.2, -0.15) is 0 Å². The number of carbonyl (C=O) groups is 1. The van der Waals surface area contributed by atoms with Gasteiger partial charge in [-0.25, -0.2) is 0 Å². The summed E-state index contributed by atoms with van der Waals surface area (Å²) in [5, 5.41) is 6.45. The van der Waals surface area contributed by atoms with Crippen LogP contribution in [0, 0.1) is 0 Å². The lowest BCUT2D eigenvalue weighted by molar-refractivity contribution is 0.0947. The first-order chi connectivity index (χ1) is 12.2. The smallest absolute Gasteiger partial charge is 0.268 e. The summed E-state index contributed by atoms with van der Waals surface area (Å²) < 4.78 is 0. The Morgan fingerprint density at radius 3 is 2.64 bits per heavy atom. The number of amides is 1. The molecule has 0 bridgehead atoms. The highest BCUT2D eigenvalue weighted by Crippen LogP contribution is 2.31. The van der Waals surface area contributed by atoms with E-state index in [9.17, 15) is 4.79 Å². The molecule has 2 N–H and O–H groups in total. The minimum atomic E-state index is -0.137. The lowest BCUT2D eigenvalue weighted by Gasteiger charge is -2.03. The zero-order valence-corrected chi connectivity index (χ0v) is 14.8. The van der Waals surface area contributed by atoms with Gasteiger partial charge in [0.1, 0.15) is 5.69 Å². The number of rotatable bonds is 4. The minimum absolute atomic E-state index is 0.137. The van der Waals surface area contributed by atoms with Gasteiger partial charge in [0.15, 0.2) is 0 Å². The molecule has 4 rings (SSSR count). The maximum Gasteiger partial charge on any atom is 0.268 e. The van der Waals surface area contributed by atoms with E-state index in [-0.39, 0.29) is 5.91 Å². The lowest BCUT2D eigenvalue weighted by atomic mass is 10.0. The number of benzene rings is 2. The van der Waals surface area contributed by atoms with Crippen LogP contribution in [0.1, 0.15) is 15.4 Å². The number of nitrogens with one attached hydrogen (secondary N) is 2. The van der Waals surface area contributed by atoms with E-state index in [0.29, 0.717) is 17.3 Å². The molecular formula is C20H15ClN2OS. The molecule has 1 amide bonds. The van der Waals surface area contributed by atoms with Gasteiger partial charge in [-0.3, -0.25) is 4.79 Å². The van der Waals surface area contributed by atoms with E-state index < -0.39 is 0 Å². The molecule has 0 aliphatic rings. The molecule has 0 aliphatic heterocycles. The fourth-order valence-electron chi connectivity index (χ4n) is 2.80. The number of fused-ring (bicyclic) bond motifs is 1. The molecular weight excluding hydrogens is 352 g/mol. The SMILES string of the molecule is O=C(NCc1cccs1)c1cc2cc(-c3ccccc3)cc(Cl)c2[nH]1. The number of halogens is 1. The monoisotopic (exact) mass is 366 g/mol. The summed E-state index contributed by atoms with van der Waals surface area (Å²) in [4.78, 5) is 16.6. The van der Waals surface area contributed by atoms with Gasteiger partial charge in [-0.05, 0) is 40.8 Å². The Bertz CT molecular complexity index is 1020. The fourth-order valence-corrected chi connectivity index (χ4v) is 3.71. The van der Waals surface area contributed by atoms with Crippen LogP contribution in [0.4, 0.5) is 0 Å². The van der Waals surface area contributed by atoms with E-state index in [1.165, 1.54) is 0 Å². The van der Waals surface area contributed by atoms with Gasteiger partial charge in [-0.15, -0.1) is 11.3 Å². The molecule has 3 nitrogen and oxygen atoms in total. The number of hydrogen-bond acceptors (Lipinski definition) is 2. The van der Waals surface area contributed by atoms with Gasteiger partial charge in [0.2, 0.25) is 0 Å². The highest BCUT2D eigenvalue weighted by atomic mass is 35.5. The van der Waals surface area contributed by atoms with Gasteiger partial charge < -0.3 is 10.3 Å². The first kappa shape index (κ1) is 15.9. The summed E-state index contributed by atoms with van der Waals surface area (Å²) >= 11 is 8.05. The first-order valence-corrected chi connectivity index (χ1v) is 9.15. The Kier molecular flexibility index (Phi) is 4.30. The number of thiophene rings is 1. The van der Waals surface area contributed by atoms with Gasteiger partial charge in [0.25, 0.3) is 5.91 Å². The minimum Gasteiger partial charge on any atom is -0.349 e. The van der Waals surface area contributed by atoms with Crippen LogP contribution in [0.2, 0.25) is 5.02 Å². The van der Waals surface area contributed by atoms with Crippen molar-refractivity contribution in [2.75, 3.05) is 0 Å². The largest absolute Gasteiger partial charge is 0.349 e. The van der Waals surface area contributed by atoms with Crippen molar-refractivity contribution in [1.29, 1.82) is 0 Å². The van der Waals surface area contributed by atoms with Crippen molar-refractivity contribution < 1.29 is 4.79 Å². The molecule has 0 atom stereocenters. The summed E-state index contributed by atoms with van der Waals surface area (Å²) in [6.45, 7) is 0.523. The molecule has 25 heavy (non-hydrogen) atoms. The normalized spacial score (nSPS) is 10.9. The van der Waals surface area contributed by atoms with Gasteiger partial charge >= 0.3 is 0 Å². The maximum absolute atomic E-state index is 12.4. The molecule has 0 spiro atoms. The van der Waals surface area contributed by atoms with Gasteiger partial charge in [0.05, 0.1) is 17.1 Å². The predicted molar refractivity (Wildman–Crippen MR) is 104 cm³/mol. The number of aromatic nitrogens is 1. The summed E-state index contributed by atoms with van der Waals surface area (Å²) in [6.07, 6.45) is 0. The Morgan fingerprint density at radius 2 is 1.88 bits per heavy atom. The Hall–Kier alpha value is -2.56. The fraction of sp³-hybridized carbons (Fsp3) is 0.0500. The molecule has 0 radical (unpaired) electrons. The third-order valence-corrected chi connectivity index (χ3v) is 5.21. The summed E-state index contributed by atoms with van der Waals surface area (Å²) in [5.74, 6) is -0.137. The van der Waals surface area contributed by atoms with Crippen molar-refractivity contribution >= 4 is 39.7 Å². The second kappa shape index (κ2) is 6.75. The van der Waals surface area contributed by atoms with Crippen molar-refractivity contribution in [1.82, 2.24) is 10.3 Å². The van der Waals surface area contributed by atoms with Crippen LogP contribution in [-0.2, 0) is 6.54 Å². The lowest BCUT2D eigenvalue weighted by Crippen LogP contribution is -2.22. The molecule has 0 aliphatic carbocycles. The molecule has 0 saturated carbocycles. The van der Waals surface area contributed by atoms with E-state index in [1.54, 1.807) is 11.3 Å². The molecule has 0 fully saturated rings. The molecule has 2 aromatic heterocycles. The maximum atomic E-state index is 12.4. The van der Waals surface area contributed by atoms with Crippen molar-refractivity contribution in [3.8, 4) is 11.1 Å². The number of carbonyl (C=O) groups excluding carboxylic acids is 1. The van der Waals surface area contributed by atoms with E-state index in [2.05, 4.69) is 10.3 Å². The number of hydrogen-bond donors (Lipinski definition) is 2. The summed E-state index contributed by atoms with van der Waals surface area (Å²) in [7, 11) is 0. The molecule has 2 heterocycles. The van der Waals surface area contributed by atoms with Crippen LogP contribution < -0.4 is 5.32 Å². The first-order valence-electron chi connectivity index (χ1n) is 7.89. The van der Waals surface area contributed by atoms with Crippen molar-refractivity contribution in [2.45, 2.75) is 6.54 Å². The average molecular weight is 367 g/mol. The quantitative estimate of drug-likeness (QED) is 0.493. The molecule has 2 aromatic carbocycles. The van der Waals surface area contributed by atoms with Crippen molar-refractivity contribution in [2.24, 2.45) is 0 Å². The molecule has 5 heteroatoms. The topological polar surface area (TPSA) is 44.9 Å². The third kappa shape index (κ3) is 3.31. The van der Waals surface area contributed by atoms with Crippen LogP contribution in [0.25, 0.3) is 22.0 Å². The van der Waals surface area contributed by atoms with E-state index in [0.717, 1.165) is 26.9 Å². The van der Waals surface area contributed by atoms with Crippen LogP contribution in [0.5, 0.6) is 0 Å². The third-order valence-electron chi connectivity index (χ3n) is 4.04. The molecule has 124 valence electrons. The predicted octanol–water partition coefficient (Wildman–Crippen LogP) is 5.48. The van der Waals surface area contributed by atoms with E-state index in [1.807, 2.05) is 66.0 Å².